The molecular formula is C26H27F3O4. The summed E-state index contributed by atoms with van der Waals surface area (Å²) in [7, 11) is 0. The number of hydrogen-bond donors (Lipinski definition) is 0. The molecule has 0 radical (unpaired) electrons. The highest BCUT2D eigenvalue weighted by atomic mass is 19.4. The Morgan fingerprint density at radius 3 is 2.33 bits per heavy atom. The van der Waals surface area contributed by atoms with Gasteiger partial charge in [-0.25, -0.2) is 4.79 Å². The number of hydrogen-bond acceptors (Lipinski definition) is 4. The highest BCUT2D eigenvalue weighted by molar-refractivity contribution is 5.91. The predicted octanol–water partition coefficient (Wildman–Crippen LogP) is 6.94. The third-order valence-corrected chi connectivity index (χ3v) is 5.51. The molecule has 3 rings (SSSR count). The van der Waals surface area contributed by atoms with Gasteiger partial charge in [0.1, 0.15) is 5.75 Å². The number of carbonyl (C=O) groups excluding carboxylic acids is 1. The van der Waals surface area contributed by atoms with Crippen molar-refractivity contribution in [3.63, 3.8) is 0 Å². The maximum Gasteiger partial charge on any atom is 0.573 e. The second-order valence-corrected chi connectivity index (χ2v) is 8.20. The topological polar surface area (TPSA) is 44.8 Å². The first-order chi connectivity index (χ1) is 15.7. The SMILES string of the molecule is CCC(C)(C#CC1CCCCC1)Oc1cc(C(=O)Oc2ccccc2)ccc1OC(F)(F)F. The largest absolute Gasteiger partial charge is 0.573 e. The van der Waals surface area contributed by atoms with E-state index in [9.17, 15) is 18.0 Å². The molecule has 2 aromatic rings. The molecule has 1 aliphatic rings. The Hall–Kier alpha value is -3.14. The predicted molar refractivity (Wildman–Crippen MR) is 118 cm³/mol. The van der Waals surface area contributed by atoms with Crippen LogP contribution in [0.5, 0.6) is 17.2 Å². The first kappa shape index (κ1) is 24.5. The summed E-state index contributed by atoms with van der Waals surface area (Å²) < 4.78 is 54.3. The van der Waals surface area contributed by atoms with Crippen LogP contribution in [0.2, 0.25) is 0 Å². The molecule has 2 aromatic carbocycles. The summed E-state index contributed by atoms with van der Waals surface area (Å²) >= 11 is 0. The first-order valence-electron chi connectivity index (χ1n) is 11.1. The number of ether oxygens (including phenoxy) is 3. The maximum absolute atomic E-state index is 13.0. The zero-order valence-corrected chi connectivity index (χ0v) is 18.7. The van der Waals surface area contributed by atoms with Gasteiger partial charge in [-0.1, -0.05) is 56.2 Å². The van der Waals surface area contributed by atoms with Gasteiger partial charge in [-0.05, 0) is 56.5 Å². The van der Waals surface area contributed by atoms with Crippen molar-refractivity contribution >= 4 is 5.97 Å². The van der Waals surface area contributed by atoms with E-state index in [1.54, 1.807) is 37.3 Å². The van der Waals surface area contributed by atoms with Crippen molar-refractivity contribution in [1.82, 2.24) is 0 Å². The summed E-state index contributed by atoms with van der Waals surface area (Å²) in [6.07, 6.45) is 0.976. The standard InChI is InChI=1S/C26H27F3O4/c1-3-25(2,17-16-19-10-6-4-7-11-19)32-23-18-20(14-15-22(23)33-26(27,28)29)24(30)31-21-12-8-5-9-13-21/h5,8-9,12-15,18-19H,3-4,6-7,10-11H2,1-2H3. The minimum Gasteiger partial charge on any atom is -0.471 e. The Bertz CT molecular complexity index is 1000. The molecule has 1 unspecified atom stereocenters. The van der Waals surface area contributed by atoms with E-state index < -0.39 is 23.7 Å². The lowest BCUT2D eigenvalue weighted by Gasteiger charge is -2.26. The summed E-state index contributed by atoms with van der Waals surface area (Å²) in [5, 5.41) is 0. The Balaban J connectivity index is 1.88. The number of esters is 1. The third kappa shape index (κ3) is 7.45. The molecule has 1 atom stereocenters. The number of carbonyl (C=O) groups is 1. The van der Waals surface area contributed by atoms with Crippen molar-refractivity contribution in [3.8, 4) is 29.1 Å². The van der Waals surface area contributed by atoms with Crippen LogP contribution in [-0.4, -0.2) is 17.9 Å². The second-order valence-electron chi connectivity index (χ2n) is 8.20. The van der Waals surface area contributed by atoms with E-state index in [4.69, 9.17) is 9.47 Å². The quantitative estimate of drug-likeness (QED) is 0.266. The molecule has 4 nitrogen and oxygen atoms in total. The summed E-state index contributed by atoms with van der Waals surface area (Å²) in [6, 6.07) is 11.8. The molecule has 1 saturated carbocycles. The van der Waals surface area contributed by atoms with Crippen molar-refractivity contribution in [2.45, 2.75) is 64.3 Å². The molecular weight excluding hydrogens is 433 g/mol. The summed E-state index contributed by atoms with van der Waals surface area (Å²) in [5.41, 5.74) is -1.02. The van der Waals surface area contributed by atoms with E-state index in [-0.39, 0.29) is 17.2 Å². The second kappa shape index (κ2) is 10.7. The van der Waals surface area contributed by atoms with Gasteiger partial charge in [0.15, 0.2) is 17.1 Å². The molecule has 1 fully saturated rings. The van der Waals surface area contributed by atoms with E-state index >= 15 is 0 Å². The van der Waals surface area contributed by atoms with Crippen molar-refractivity contribution < 1.29 is 32.2 Å². The Kier molecular flexibility index (Phi) is 7.91. The molecule has 0 spiro atoms. The lowest BCUT2D eigenvalue weighted by atomic mass is 9.89. The highest BCUT2D eigenvalue weighted by Crippen LogP contribution is 2.36. The van der Waals surface area contributed by atoms with Crippen LogP contribution in [0.25, 0.3) is 0 Å². The van der Waals surface area contributed by atoms with E-state index in [2.05, 4.69) is 16.6 Å². The molecule has 0 N–H and O–H groups in total. The van der Waals surface area contributed by atoms with E-state index in [0.717, 1.165) is 31.7 Å². The van der Waals surface area contributed by atoms with Gasteiger partial charge in [0, 0.05) is 5.92 Å². The van der Waals surface area contributed by atoms with Gasteiger partial charge >= 0.3 is 12.3 Å². The number of benzene rings is 2. The smallest absolute Gasteiger partial charge is 0.471 e. The van der Waals surface area contributed by atoms with Crippen molar-refractivity contribution in [2.75, 3.05) is 0 Å². The number of alkyl halides is 3. The van der Waals surface area contributed by atoms with Gasteiger partial charge in [-0.2, -0.15) is 0 Å². The van der Waals surface area contributed by atoms with Gasteiger partial charge in [-0.3, -0.25) is 0 Å². The lowest BCUT2D eigenvalue weighted by Crippen LogP contribution is -2.30. The van der Waals surface area contributed by atoms with Crippen LogP contribution in [0.1, 0.15) is 62.7 Å². The average Bonchev–Trinajstić information content (AvgIpc) is 2.79. The van der Waals surface area contributed by atoms with Crippen molar-refractivity contribution in [1.29, 1.82) is 0 Å². The Morgan fingerprint density at radius 2 is 1.70 bits per heavy atom. The zero-order chi connectivity index (χ0) is 23.9. The fourth-order valence-corrected chi connectivity index (χ4v) is 3.51. The molecule has 7 heteroatoms. The monoisotopic (exact) mass is 460 g/mol. The number of rotatable bonds is 6. The molecule has 0 amide bonds. The van der Waals surface area contributed by atoms with Crippen molar-refractivity contribution in [2.24, 2.45) is 5.92 Å². The molecule has 0 aliphatic heterocycles. The number of halogens is 3. The van der Waals surface area contributed by atoms with Crippen LogP contribution >= 0.6 is 0 Å². The normalized spacial score (nSPS) is 16.2. The minimum atomic E-state index is -4.92. The van der Waals surface area contributed by atoms with E-state index in [1.165, 1.54) is 18.6 Å². The average molecular weight is 460 g/mol. The summed E-state index contributed by atoms with van der Waals surface area (Å²) in [6.45, 7) is 3.56. The molecule has 0 bridgehead atoms. The van der Waals surface area contributed by atoms with Gasteiger partial charge < -0.3 is 14.2 Å². The van der Waals surface area contributed by atoms with E-state index in [1.807, 2.05) is 6.92 Å². The molecule has 33 heavy (non-hydrogen) atoms. The van der Waals surface area contributed by atoms with Gasteiger partial charge in [-0.15, -0.1) is 13.2 Å². The van der Waals surface area contributed by atoms with Crippen LogP contribution in [0.4, 0.5) is 13.2 Å². The van der Waals surface area contributed by atoms with Gasteiger partial charge in [0.25, 0.3) is 0 Å². The molecule has 0 saturated heterocycles. The summed E-state index contributed by atoms with van der Waals surface area (Å²) in [5.74, 6) is 5.44. The molecule has 176 valence electrons. The minimum absolute atomic E-state index is 0.0297. The van der Waals surface area contributed by atoms with Gasteiger partial charge in [0.05, 0.1) is 5.56 Å². The van der Waals surface area contributed by atoms with Crippen LogP contribution in [0, 0.1) is 17.8 Å². The first-order valence-corrected chi connectivity index (χ1v) is 11.1. The fraction of sp³-hybridized carbons (Fsp3) is 0.423. The van der Waals surface area contributed by atoms with Crippen LogP contribution < -0.4 is 14.2 Å². The lowest BCUT2D eigenvalue weighted by molar-refractivity contribution is -0.275. The third-order valence-electron chi connectivity index (χ3n) is 5.51. The Labute approximate surface area is 192 Å². The van der Waals surface area contributed by atoms with Crippen molar-refractivity contribution in [3.05, 3.63) is 54.1 Å². The molecule has 0 heterocycles. The zero-order valence-electron chi connectivity index (χ0n) is 18.7. The van der Waals surface area contributed by atoms with Crippen LogP contribution in [-0.2, 0) is 0 Å². The maximum atomic E-state index is 13.0. The summed E-state index contributed by atoms with van der Waals surface area (Å²) in [4.78, 5) is 12.6. The highest BCUT2D eigenvalue weighted by Gasteiger charge is 2.34. The van der Waals surface area contributed by atoms with Crippen LogP contribution in [0.15, 0.2) is 48.5 Å². The Morgan fingerprint density at radius 1 is 1.00 bits per heavy atom. The van der Waals surface area contributed by atoms with Crippen LogP contribution in [0.3, 0.4) is 0 Å². The fourth-order valence-electron chi connectivity index (χ4n) is 3.51. The van der Waals surface area contributed by atoms with E-state index in [0.29, 0.717) is 12.2 Å². The molecule has 0 aromatic heterocycles. The number of para-hydroxylation sites is 1. The molecule has 1 aliphatic carbocycles. The van der Waals surface area contributed by atoms with Gasteiger partial charge in [0.2, 0.25) is 0 Å².